The summed E-state index contributed by atoms with van der Waals surface area (Å²) in [5.41, 5.74) is -15.9. The van der Waals surface area contributed by atoms with Gasteiger partial charge in [-0.05, 0) is 36.4 Å². The van der Waals surface area contributed by atoms with Gasteiger partial charge in [-0.2, -0.15) is 0 Å². The van der Waals surface area contributed by atoms with Gasteiger partial charge in [-0.3, -0.25) is 0 Å². The first-order valence-corrected chi connectivity index (χ1v) is 31.2. The number of phenols is 22. The highest BCUT2D eigenvalue weighted by Crippen LogP contribution is 2.59. The van der Waals surface area contributed by atoms with E-state index in [1.54, 1.807) is 0 Å². The maximum atomic E-state index is 15.5. The predicted octanol–water partition coefficient (Wildman–Crippen LogP) is 2.17. The van der Waals surface area contributed by atoms with Gasteiger partial charge in [0.15, 0.2) is 153 Å². The summed E-state index contributed by atoms with van der Waals surface area (Å²) in [5, 5.41) is 269. The van der Waals surface area contributed by atoms with Gasteiger partial charge in [0.25, 0.3) is 0 Å². The molecule has 2 fully saturated rings. The van der Waals surface area contributed by atoms with E-state index in [0.717, 1.165) is 0 Å². The predicted molar refractivity (Wildman–Crippen MR) is 344 cm³/mol. The summed E-state index contributed by atoms with van der Waals surface area (Å²) in [6.07, 6.45) is -27.7. The number of hydrogen-bond donors (Lipinski definition) is 24. The molecule has 0 aromatic heterocycles. The molecule has 0 amide bonds. The minimum absolute atomic E-state index is 0.148. The quantitative estimate of drug-likeness (QED) is 0.0682. The van der Waals surface area contributed by atoms with Gasteiger partial charge in [0.05, 0.1) is 33.4 Å². The van der Waals surface area contributed by atoms with Crippen LogP contribution in [0.25, 0.3) is 22.3 Å². The topological polar surface area (TPSA) is 733 Å². The number of carbonyl (C=O) groups is 8. The second kappa shape index (κ2) is 27.4. The van der Waals surface area contributed by atoms with Crippen LogP contribution in [-0.4, -0.2) is 245 Å². The smallest absolute Gasteiger partial charge is 0.342 e. The largest absolute Gasteiger partial charge is 0.504 e. The number of esters is 8. The van der Waals surface area contributed by atoms with Crippen LogP contribution in [0.2, 0.25) is 0 Å². The van der Waals surface area contributed by atoms with Crippen LogP contribution in [0.4, 0.5) is 0 Å². The third kappa shape index (κ3) is 12.4. The summed E-state index contributed by atoms with van der Waals surface area (Å²) < 4.78 is 67.6. The molecule has 0 spiro atoms. The molecule has 112 heavy (non-hydrogen) atoms. The zero-order chi connectivity index (χ0) is 81.3. The molecule has 8 aromatic rings. The van der Waals surface area contributed by atoms with Crippen molar-refractivity contribution >= 4 is 47.8 Å². The standard InChI is InChI=1S/C68H48O44/c69-21-1-13(2-22(70)37(21)77)59(91)109-55-53-32-12-102-62(94)17-9-29(43(83)47(87)35(17)34-16(63(95)107-53)6-26(74)40(80)46(34)86)103-51-19(7-27(75)41(81)49(51)89)65(97)112-58-56(110-60(92)14-3-23(71)38(78)24(72)4-14)54-31(105-68(58)100)11-101-61(93)15-5-25(73)39(79)45(85)33(15)36-18(64(96)108-54)10-30(44(84)48(36)88)104-52-20(8-28(76)42(82)50(52)90)66(98)111-57(55)67(99)106-32/h1-10,31-32,53-58,67-90,99-100H,11-12H2/t31-,32-,53-,54?,55+,56+,57?,58-,67?,68?/m1/s1. The number of phenolic OH excluding ortho intramolecular Hbond substituents is 22. The molecule has 0 radical (unpaired) electrons. The van der Waals surface area contributed by atoms with Crippen LogP contribution >= 0.6 is 0 Å². The molecule has 0 aliphatic carbocycles. The summed E-state index contributed by atoms with van der Waals surface area (Å²) >= 11 is 0. The average molecular weight is 1570 g/mol. The van der Waals surface area contributed by atoms with E-state index in [-0.39, 0.29) is 30.3 Å². The molecule has 8 aromatic carbocycles. The van der Waals surface area contributed by atoms with Crippen molar-refractivity contribution in [3.63, 3.8) is 0 Å². The number of cyclic esters (lactones) is 1. The highest BCUT2D eigenvalue weighted by molar-refractivity contribution is 6.10. The Hall–Kier alpha value is -15.4. The molecule has 6 heterocycles. The molecule has 14 rings (SSSR count). The van der Waals surface area contributed by atoms with Crippen LogP contribution in [0.3, 0.4) is 0 Å². The third-order valence-corrected chi connectivity index (χ3v) is 17.7. The lowest BCUT2D eigenvalue weighted by Crippen LogP contribution is -2.62. The van der Waals surface area contributed by atoms with Crippen LogP contribution in [0, 0.1) is 0 Å². The lowest BCUT2D eigenvalue weighted by molar-refractivity contribution is -0.284. The zero-order valence-electron chi connectivity index (χ0n) is 54.9. The maximum Gasteiger partial charge on any atom is 0.342 e. The van der Waals surface area contributed by atoms with Gasteiger partial charge in [0.1, 0.15) is 36.5 Å². The molecule has 10 atom stereocenters. The number of rotatable bonds is 4. The fourth-order valence-electron chi connectivity index (χ4n) is 12.3. The highest BCUT2D eigenvalue weighted by Gasteiger charge is 2.56. The number of benzene rings is 8. The molecule has 0 saturated carbocycles. The van der Waals surface area contributed by atoms with E-state index in [2.05, 4.69) is 0 Å². The lowest BCUT2D eigenvalue weighted by Gasteiger charge is -2.42. The van der Waals surface area contributed by atoms with Crippen LogP contribution in [0.15, 0.2) is 60.7 Å². The number of hydrogen-bond acceptors (Lipinski definition) is 44. The number of aromatic hydroxyl groups is 22. The first kappa shape index (κ1) is 74.8. The van der Waals surface area contributed by atoms with Crippen molar-refractivity contribution in [1.29, 1.82) is 0 Å². The number of aliphatic hydroxyl groups excluding tert-OH is 2. The molecule has 6 aliphatic rings. The number of carbonyl (C=O) groups excluding carboxylic acids is 8. The Balaban J connectivity index is 1.08. The second-order valence-electron chi connectivity index (χ2n) is 24.4. The van der Waals surface area contributed by atoms with E-state index in [4.69, 9.17) is 56.8 Å². The molecule has 9 bridgehead atoms. The van der Waals surface area contributed by atoms with Crippen molar-refractivity contribution in [2.45, 2.75) is 61.4 Å². The zero-order valence-corrected chi connectivity index (χ0v) is 54.9. The normalized spacial score (nSPS) is 21.4. The molecule has 24 N–H and O–H groups in total. The van der Waals surface area contributed by atoms with Crippen molar-refractivity contribution in [2.75, 3.05) is 13.2 Å². The van der Waals surface area contributed by atoms with E-state index >= 15 is 19.2 Å². The van der Waals surface area contributed by atoms with E-state index in [1.807, 2.05) is 0 Å². The molecule has 44 nitrogen and oxygen atoms in total. The van der Waals surface area contributed by atoms with Gasteiger partial charge in [0.2, 0.25) is 46.0 Å². The number of ether oxygens (including phenoxy) is 12. The number of aliphatic hydroxyl groups is 2. The van der Waals surface area contributed by atoms with Gasteiger partial charge in [-0.15, -0.1) is 0 Å². The minimum atomic E-state index is -2.94. The molecule has 4 unspecified atom stereocenters. The van der Waals surface area contributed by atoms with Gasteiger partial charge in [-0.1, -0.05) is 0 Å². The number of fused-ring (bicyclic) bond motifs is 7. The van der Waals surface area contributed by atoms with Crippen LogP contribution < -0.4 is 9.47 Å². The van der Waals surface area contributed by atoms with Crippen molar-refractivity contribution in [3.05, 3.63) is 105 Å². The molecular formula is C68H48O44. The summed E-state index contributed by atoms with van der Waals surface area (Å²) in [6.45, 7) is -2.98. The van der Waals surface area contributed by atoms with Crippen molar-refractivity contribution in [2.24, 2.45) is 0 Å². The van der Waals surface area contributed by atoms with E-state index in [1.165, 1.54) is 0 Å². The van der Waals surface area contributed by atoms with Gasteiger partial charge < -0.3 is 179 Å². The summed E-state index contributed by atoms with van der Waals surface area (Å²) in [4.78, 5) is 119. The molecule has 44 heteroatoms. The monoisotopic (exact) mass is 1570 g/mol. The van der Waals surface area contributed by atoms with Gasteiger partial charge >= 0.3 is 47.8 Å². The Labute approximate surface area is 615 Å². The van der Waals surface area contributed by atoms with Crippen LogP contribution in [0.5, 0.6) is 149 Å². The minimum Gasteiger partial charge on any atom is -0.504 e. The second-order valence-corrected chi connectivity index (χ2v) is 24.4. The third-order valence-electron chi connectivity index (χ3n) is 17.7. The molecule has 2 saturated heterocycles. The van der Waals surface area contributed by atoms with E-state index in [0.29, 0.717) is 30.3 Å². The summed E-state index contributed by atoms with van der Waals surface area (Å²) in [5.74, 6) is -56.6. The Bertz CT molecular complexity index is 5420. The maximum absolute atomic E-state index is 15.5. The van der Waals surface area contributed by atoms with E-state index < -0.39 is 339 Å². The van der Waals surface area contributed by atoms with Gasteiger partial charge in [0, 0.05) is 46.5 Å². The Morgan fingerprint density at radius 1 is 0.295 bits per heavy atom. The Morgan fingerprint density at radius 3 is 0.893 bits per heavy atom. The first-order valence-electron chi connectivity index (χ1n) is 31.2. The lowest BCUT2D eigenvalue weighted by atomic mass is 9.91. The first-order chi connectivity index (χ1) is 52.8. The highest BCUT2D eigenvalue weighted by atomic mass is 16.7. The van der Waals surface area contributed by atoms with Crippen molar-refractivity contribution < 1.29 is 218 Å². The SMILES string of the molecule is O=C(O[C@@H]1C2OC(=O)c3cc(O)c(O)c(O)c3Oc3cc4c(c(O)c3O)-c3c(cc(O)c(O)c3O)C(=O)OC[C@H]3OC(O)[C@H](OC(=O)c5cc(O)c(O)c(O)c5Oc5cc6c(c(O)c5O)-c5c(cc(O)c(O)c5O)C(=O)O[C@@H]1[C@@H](COC6=O)OC2O)[C@@H](OC(=O)c1cc(O)c(O)c(O)c1)C3OC4=O)c1cc(O)c(O)c(O)c1. The molecular weight excluding hydrogens is 1520 g/mol. The summed E-state index contributed by atoms with van der Waals surface area (Å²) in [7, 11) is 0. The fraction of sp³-hybridized carbons (Fsp3) is 0.176. The molecule has 6 aliphatic heterocycles. The Kier molecular flexibility index (Phi) is 18.3. The summed E-state index contributed by atoms with van der Waals surface area (Å²) in [6, 6.07) is 2.96. The van der Waals surface area contributed by atoms with E-state index in [9.17, 15) is 142 Å². The fourth-order valence-corrected chi connectivity index (χ4v) is 12.3. The van der Waals surface area contributed by atoms with Gasteiger partial charge in [-0.25, -0.2) is 38.4 Å². The van der Waals surface area contributed by atoms with Crippen LogP contribution in [-0.2, 0) is 47.4 Å². The van der Waals surface area contributed by atoms with Crippen molar-refractivity contribution in [1.82, 2.24) is 0 Å². The average Bonchev–Trinajstić information content (AvgIpc) is 1.36. The Morgan fingerprint density at radius 2 is 0.554 bits per heavy atom. The molecule has 584 valence electrons. The van der Waals surface area contributed by atoms with Crippen LogP contribution in [0.1, 0.15) is 82.9 Å². The van der Waals surface area contributed by atoms with Crippen molar-refractivity contribution in [3.8, 4) is 172 Å².